The number of nitrogens with two attached hydrogens (primary N) is 1. The molecular weight excluding hydrogens is 280 g/mol. The van der Waals surface area contributed by atoms with Gasteiger partial charge in [-0.3, -0.25) is 0 Å². The lowest BCUT2D eigenvalue weighted by atomic mass is 9.64. The molecule has 0 saturated carbocycles. The molecule has 0 bridgehead atoms. The van der Waals surface area contributed by atoms with Crippen LogP contribution >= 0.6 is 0 Å². The zero-order valence-electron chi connectivity index (χ0n) is 16.2. The molecule has 0 amide bonds. The van der Waals surface area contributed by atoms with Crippen molar-refractivity contribution < 1.29 is 0 Å². The number of allylic oxidation sites excluding steroid dienone is 5. The molecule has 0 spiro atoms. The minimum Gasteiger partial charge on any atom is -0.308 e. The topological polar surface area (TPSA) is 29.3 Å². The van der Waals surface area contributed by atoms with Crippen LogP contribution < -0.4 is 5.84 Å². The number of hydrogen-bond donors (Lipinski definition) is 1. The summed E-state index contributed by atoms with van der Waals surface area (Å²) >= 11 is 0. The first-order chi connectivity index (χ1) is 10.5. The van der Waals surface area contributed by atoms with Crippen molar-refractivity contribution in [1.82, 2.24) is 5.01 Å². The van der Waals surface area contributed by atoms with Crippen LogP contribution in [0.5, 0.6) is 0 Å². The maximum Gasteiger partial charge on any atom is 0.0549 e. The standard InChI is InChI=1S/C21H36N2/c1-8-11-20(5,6)21(7)12-9-17-15-19(3,4)14-16(2)23(22)18(17)10-13-21/h9-10,12-13,16H,8,11,14-15,22H2,1-7H3. The van der Waals surface area contributed by atoms with Gasteiger partial charge in [0.1, 0.15) is 0 Å². The molecule has 2 aliphatic rings. The van der Waals surface area contributed by atoms with Crippen molar-refractivity contribution in [3.63, 3.8) is 0 Å². The van der Waals surface area contributed by atoms with Gasteiger partial charge in [-0.2, -0.15) is 0 Å². The summed E-state index contributed by atoms with van der Waals surface area (Å²) in [4.78, 5) is 0. The van der Waals surface area contributed by atoms with E-state index in [1.807, 2.05) is 5.01 Å². The fraction of sp³-hybridized carbons (Fsp3) is 0.714. The second kappa shape index (κ2) is 6.12. The van der Waals surface area contributed by atoms with Gasteiger partial charge in [-0.05, 0) is 48.7 Å². The quantitative estimate of drug-likeness (QED) is 0.688. The third kappa shape index (κ3) is 3.57. The van der Waals surface area contributed by atoms with Crippen LogP contribution in [0.25, 0.3) is 0 Å². The molecule has 2 rings (SSSR count). The Bertz CT molecular complexity index is 536. The lowest BCUT2D eigenvalue weighted by molar-refractivity contribution is 0.179. The number of hydrazine groups is 1. The Morgan fingerprint density at radius 1 is 1.22 bits per heavy atom. The van der Waals surface area contributed by atoms with Crippen LogP contribution in [-0.4, -0.2) is 11.1 Å². The van der Waals surface area contributed by atoms with Gasteiger partial charge in [0.2, 0.25) is 0 Å². The Labute approximate surface area is 143 Å². The van der Waals surface area contributed by atoms with E-state index < -0.39 is 0 Å². The van der Waals surface area contributed by atoms with Crippen molar-refractivity contribution in [2.75, 3.05) is 0 Å². The second-order valence-electron chi connectivity index (χ2n) is 9.30. The fourth-order valence-corrected chi connectivity index (χ4v) is 4.24. The van der Waals surface area contributed by atoms with Crippen LogP contribution in [0.4, 0.5) is 0 Å². The molecular formula is C21H36N2. The smallest absolute Gasteiger partial charge is 0.0549 e. The Hall–Kier alpha value is -1.02. The average molecular weight is 317 g/mol. The molecule has 0 saturated heterocycles. The van der Waals surface area contributed by atoms with E-state index in [2.05, 4.69) is 72.8 Å². The van der Waals surface area contributed by atoms with Gasteiger partial charge in [0.05, 0.1) is 5.70 Å². The van der Waals surface area contributed by atoms with Crippen molar-refractivity contribution >= 4 is 0 Å². The van der Waals surface area contributed by atoms with Gasteiger partial charge in [0.15, 0.2) is 0 Å². The van der Waals surface area contributed by atoms with Crippen molar-refractivity contribution in [3.8, 4) is 0 Å². The zero-order valence-corrected chi connectivity index (χ0v) is 16.2. The van der Waals surface area contributed by atoms with Crippen molar-refractivity contribution in [2.45, 2.75) is 80.2 Å². The summed E-state index contributed by atoms with van der Waals surface area (Å²) in [6, 6.07) is 0.364. The van der Waals surface area contributed by atoms with Gasteiger partial charge in [0.25, 0.3) is 0 Å². The van der Waals surface area contributed by atoms with Crippen molar-refractivity contribution in [3.05, 3.63) is 35.6 Å². The molecule has 2 unspecified atom stereocenters. The predicted molar refractivity (Wildman–Crippen MR) is 101 cm³/mol. The molecule has 0 aromatic rings. The van der Waals surface area contributed by atoms with Gasteiger partial charge < -0.3 is 5.01 Å². The third-order valence-corrected chi connectivity index (χ3v) is 6.15. The zero-order chi connectivity index (χ0) is 17.5. The van der Waals surface area contributed by atoms with Crippen LogP contribution in [-0.2, 0) is 0 Å². The van der Waals surface area contributed by atoms with Gasteiger partial charge in [0, 0.05) is 11.5 Å². The highest BCUT2D eigenvalue weighted by Gasteiger charge is 2.38. The first-order valence-electron chi connectivity index (χ1n) is 9.17. The summed E-state index contributed by atoms with van der Waals surface area (Å²) in [6.45, 7) is 16.3. The predicted octanol–water partition coefficient (Wildman–Crippen LogP) is 5.58. The summed E-state index contributed by atoms with van der Waals surface area (Å²) in [5.74, 6) is 6.47. The molecule has 2 N–H and O–H groups in total. The van der Waals surface area contributed by atoms with E-state index in [-0.39, 0.29) is 16.2 Å². The first kappa shape index (κ1) is 18.3. The Balaban J connectivity index is 2.43. The highest BCUT2D eigenvalue weighted by atomic mass is 15.4. The summed E-state index contributed by atoms with van der Waals surface area (Å²) in [6.07, 6.45) is 14.1. The minimum atomic E-state index is 0.0590. The van der Waals surface area contributed by atoms with Gasteiger partial charge >= 0.3 is 0 Å². The molecule has 2 nitrogen and oxygen atoms in total. The summed E-state index contributed by atoms with van der Waals surface area (Å²) < 4.78 is 0. The molecule has 0 fully saturated rings. The lowest BCUT2D eigenvalue weighted by Crippen LogP contribution is -2.39. The molecule has 1 heterocycles. The van der Waals surface area contributed by atoms with Gasteiger partial charge in [-0.1, -0.05) is 66.2 Å². The maximum absolute atomic E-state index is 6.47. The Kier molecular flexibility index (Phi) is 4.88. The third-order valence-electron chi connectivity index (χ3n) is 6.15. The lowest BCUT2D eigenvalue weighted by Gasteiger charge is -2.40. The van der Waals surface area contributed by atoms with Crippen LogP contribution in [0, 0.1) is 16.2 Å². The largest absolute Gasteiger partial charge is 0.308 e. The van der Waals surface area contributed by atoms with E-state index >= 15 is 0 Å². The van der Waals surface area contributed by atoms with Gasteiger partial charge in [-0.25, -0.2) is 5.84 Å². The summed E-state index contributed by atoms with van der Waals surface area (Å²) in [7, 11) is 0. The molecule has 23 heavy (non-hydrogen) atoms. The van der Waals surface area contributed by atoms with E-state index in [0.717, 1.165) is 12.8 Å². The molecule has 0 radical (unpaired) electrons. The highest BCUT2D eigenvalue weighted by Crippen LogP contribution is 2.48. The molecule has 0 aromatic carbocycles. The van der Waals surface area contributed by atoms with Crippen LogP contribution in [0.15, 0.2) is 35.6 Å². The van der Waals surface area contributed by atoms with Crippen molar-refractivity contribution in [1.29, 1.82) is 0 Å². The summed E-state index contributed by atoms with van der Waals surface area (Å²) in [5.41, 5.74) is 3.17. The monoisotopic (exact) mass is 316 g/mol. The first-order valence-corrected chi connectivity index (χ1v) is 9.17. The Morgan fingerprint density at radius 3 is 2.43 bits per heavy atom. The van der Waals surface area contributed by atoms with E-state index in [9.17, 15) is 0 Å². The van der Waals surface area contributed by atoms with Crippen LogP contribution in [0.3, 0.4) is 0 Å². The van der Waals surface area contributed by atoms with Crippen LogP contribution in [0.1, 0.15) is 74.1 Å². The SMILES string of the molecule is CCCC(C)(C)C1(C)C=CC2=C(C=C1)N(N)C(C)CC(C)(C)C2. The highest BCUT2D eigenvalue weighted by molar-refractivity contribution is 5.40. The number of hydrogen-bond acceptors (Lipinski definition) is 2. The molecule has 2 heteroatoms. The average Bonchev–Trinajstić information content (AvgIpc) is 2.62. The molecule has 1 aliphatic heterocycles. The second-order valence-corrected chi connectivity index (χ2v) is 9.30. The Morgan fingerprint density at radius 2 is 1.83 bits per heavy atom. The minimum absolute atomic E-state index is 0.0590. The van der Waals surface area contributed by atoms with Gasteiger partial charge in [-0.15, -0.1) is 0 Å². The van der Waals surface area contributed by atoms with E-state index in [4.69, 9.17) is 5.84 Å². The molecule has 2 atom stereocenters. The van der Waals surface area contributed by atoms with E-state index in [1.165, 1.54) is 24.1 Å². The van der Waals surface area contributed by atoms with E-state index in [0.29, 0.717) is 6.04 Å². The van der Waals surface area contributed by atoms with E-state index in [1.54, 1.807) is 0 Å². The summed E-state index contributed by atoms with van der Waals surface area (Å²) in [5, 5.41) is 1.99. The molecule has 1 aliphatic carbocycles. The molecule has 130 valence electrons. The number of rotatable bonds is 3. The normalized spacial score (nSPS) is 31.0. The maximum atomic E-state index is 6.47. The number of nitrogens with zero attached hydrogens (tertiary/aromatic N) is 1. The fourth-order valence-electron chi connectivity index (χ4n) is 4.24. The van der Waals surface area contributed by atoms with Crippen molar-refractivity contribution in [2.24, 2.45) is 22.1 Å². The molecule has 0 aromatic heterocycles. The van der Waals surface area contributed by atoms with Crippen LogP contribution in [0.2, 0.25) is 0 Å².